The van der Waals surface area contributed by atoms with Crippen LogP contribution in [-0.2, 0) is 4.79 Å². The Morgan fingerprint density at radius 3 is 2.76 bits per heavy atom. The van der Waals surface area contributed by atoms with E-state index in [1.807, 2.05) is 6.07 Å². The number of halogens is 1. The maximum atomic E-state index is 12.1. The Hall–Kier alpha value is -2.70. The number of thioether (sulfide) groups is 1. The lowest BCUT2D eigenvalue weighted by atomic mass is 10.1. The smallest absolute Gasteiger partial charge is 0.270 e. The number of nitrogens with one attached hydrogen (secondary N) is 1. The number of nitrogens with two attached hydrogens (primary N) is 1. The highest BCUT2D eigenvalue weighted by molar-refractivity contribution is 7.98. The van der Waals surface area contributed by atoms with Gasteiger partial charge < -0.3 is 20.2 Å². The standard InChI is InChI=1S/C15H13ClN4O4S/c1-23-10-3-7(9(16)4-11(10)24-6-12(18)21)13-8(5-17)14(22)20-15(19-13)25-2/h3-4H,6H2,1-2H3,(H2,18,21)(H,19,20,22). The first-order valence-electron chi connectivity index (χ1n) is 6.78. The molecular weight excluding hydrogens is 368 g/mol. The fourth-order valence-electron chi connectivity index (χ4n) is 1.99. The van der Waals surface area contributed by atoms with Gasteiger partial charge in [-0.3, -0.25) is 9.59 Å². The van der Waals surface area contributed by atoms with Crippen LogP contribution in [0.3, 0.4) is 0 Å². The summed E-state index contributed by atoms with van der Waals surface area (Å²) in [5, 5.41) is 9.78. The van der Waals surface area contributed by atoms with E-state index in [2.05, 4.69) is 9.97 Å². The molecule has 0 saturated heterocycles. The summed E-state index contributed by atoms with van der Waals surface area (Å²) in [7, 11) is 1.40. The molecule has 0 aliphatic rings. The first kappa shape index (κ1) is 18.6. The number of hydrogen-bond acceptors (Lipinski definition) is 7. The molecule has 2 rings (SSSR count). The molecule has 0 atom stereocenters. The Morgan fingerprint density at radius 2 is 2.20 bits per heavy atom. The monoisotopic (exact) mass is 380 g/mol. The van der Waals surface area contributed by atoms with E-state index in [4.69, 9.17) is 26.8 Å². The average Bonchev–Trinajstić information content (AvgIpc) is 2.59. The van der Waals surface area contributed by atoms with E-state index in [9.17, 15) is 14.9 Å². The lowest BCUT2D eigenvalue weighted by molar-refractivity contribution is -0.119. The number of ether oxygens (including phenoxy) is 2. The maximum absolute atomic E-state index is 12.1. The molecule has 3 N–H and O–H groups in total. The summed E-state index contributed by atoms with van der Waals surface area (Å²) in [5.41, 5.74) is 4.76. The minimum atomic E-state index is -0.658. The fraction of sp³-hybridized carbons (Fsp3) is 0.200. The number of methoxy groups -OCH3 is 1. The molecule has 0 saturated carbocycles. The molecule has 0 aliphatic carbocycles. The third kappa shape index (κ3) is 4.04. The van der Waals surface area contributed by atoms with E-state index < -0.39 is 11.5 Å². The second-order valence-electron chi connectivity index (χ2n) is 4.65. The number of amides is 1. The Labute approximate surface area is 151 Å². The number of aromatic nitrogens is 2. The van der Waals surface area contributed by atoms with Crippen LogP contribution in [-0.4, -0.2) is 35.8 Å². The lowest BCUT2D eigenvalue weighted by Crippen LogP contribution is -2.20. The van der Waals surface area contributed by atoms with Crippen LogP contribution in [0.15, 0.2) is 22.1 Å². The summed E-state index contributed by atoms with van der Waals surface area (Å²) in [6.07, 6.45) is 1.73. The molecule has 1 aromatic heterocycles. The Bertz CT molecular complexity index is 923. The van der Waals surface area contributed by atoms with Crippen LogP contribution in [0, 0.1) is 11.3 Å². The van der Waals surface area contributed by atoms with Crippen molar-refractivity contribution in [2.24, 2.45) is 5.73 Å². The van der Waals surface area contributed by atoms with Crippen molar-refractivity contribution in [1.82, 2.24) is 9.97 Å². The zero-order valence-electron chi connectivity index (χ0n) is 13.3. The normalized spacial score (nSPS) is 10.2. The number of aromatic amines is 1. The molecule has 1 amide bonds. The van der Waals surface area contributed by atoms with Crippen molar-refractivity contribution in [2.45, 2.75) is 5.16 Å². The van der Waals surface area contributed by atoms with Crippen molar-refractivity contribution in [1.29, 1.82) is 5.26 Å². The van der Waals surface area contributed by atoms with Crippen molar-refractivity contribution < 1.29 is 14.3 Å². The largest absolute Gasteiger partial charge is 0.493 e. The highest BCUT2D eigenvalue weighted by atomic mass is 35.5. The molecule has 0 radical (unpaired) electrons. The fourth-order valence-corrected chi connectivity index (χ4v) is 2.61. The Kier molecular flexibility index (Phi) is 5.90. The SMILES string of the molecule is COc1cc(-c2nc(SC)[nH]c(=O)c2C#N)c(Cl)cc1OCC(N)=O. The van der Waals surface area contributed by atoms with Crippen molar-refractivity contribution in [2.75, 3.05) is 20.0 Å². The number of primary amides is 1. The van der Waals surface area contributed by atoms with E-state index in [-0.39, 0.29) is 34.4 Å². The van der Waals surface area contributed by atoms with Gasteiger partial charge in [-0.1, -0.05) is 23.4 Å². The van der Waals surface area contributed by atoms with Crippen molar-refractivity contribution in [3.05, 3.63) is 33.1 Å². The van der Waals surface area contributed by atoms with Crippen molar-refractivity contribution >= 4 is 29.3 Å². The zero-order chi connectivity index (χ0) is 18.6. The van der Waals surface area contributed by atoms with Crippen LogP contribution in [0.25, 0.3) is 11.3 Å². The summed E-state index contributed by atoms with van der Waals surface area (Å²) in [6, 6.07) is 4.71. The molecule has 0 bridgehead atoms. The summed E-state index contributed by atoms with van der Waals surface area (Å²) in [4.78, 5) is 29.7. The summed E-state index contributed by atoms with van der Waals surface area (Å²) < 4.78 is 10.5. The molecule has 1 heterocycles. The number of nitrogens with zero attached hydrogens (tertiary/aromatic N) is 2. The molecular formula is C15H13ClN4O4S. The number of benzene rings is 1. The van der Waals surface area contributed by atoms with Gasteiger partial charge in [0.15, 0.2) is 23.3 Å². The Morgan fingerprint density at radius 1 is 1.48 bits per heavy atom. The van der Waals surface area contributed by atoms with Gasteiger partial charge in [0.05, 0.1) is 17.8 Å². The molecule has 0 spiro atoms. The second kappa shape index (κ2) is 7.92. The van der Waals surface area contributed by atoms with Crippen LogP contribution in [0.4, 0.5) is 0 Å². The predicted molar refractivity (Wildman–Crippen MR) is 93.0 cm³/mol. The first-order chi connectivity index (χ1) is 11.9. The van der Waals surface area contributed by atoms with Gasteiger partial charge in [-0.2, -0.15) is 5.26 Å². The molecule has 0 aliphatic heterocycles. The van der Waals surface area contributed by atoms with Crippen molar-refractivity contribution in [3.63, 3.8) is 0 Å². The highest BCUT2D eigenvalue weighted by Gasteiger charge is 2.19. The highest BCUT2D eigenvalue weighted by Crippen LogP contribution is 2.38. The predicted octanol–water partition coefficient (Wildman–Crippen LogP) is 1.56. The van der Waals surface area contributed by atoms with Gasteiger partial charge in [-0.05, 0) is 12.3 Å². The number of H-pyrrole nitrogens is 1. The first-order valence-corrected chi connectivity index (χ1v) is 8.39. The van der Waals surface area contributed by atoms with Gasteiger partial charge in [-0.25, -0.2) is 4.98 Å². The topological polar surface area (TPSA) is 131 Å². The van der Waals surface area contributed by atoms with Crippen LogP contribution >= 0.6 is 23.4 Å². The van der Waals surface area contributed by atoms with Crippen LogP contribution in [0.1, 0.15) is 5.56 Å². The van der Waals surface area contributed by atoms with Crippen LogP contribution < -0.4 is 20.8 Å². The third-order valence-corrected chi connectivity index (χ3v) is 3.97. The summed E-state index contributed by atoms with van der Waals surface area (Å²) in [6.45, 7) is -0.352. The molecule has 0 fully saturated rings. The minimum absolute atomic E-state index is 0.125. The van der Waals surface area contributed by atoms with Crippen molar-refractivity contribution in [3.8, 4) is 28.8 Å². The quantitative estimate of drug-likeness (QED) is 0.574. The summed E-state index contributed by atoms with van der Waals surface area (Å²) >= 11 is 7.48. The van der Waals surface area contributed by atoms with Gasteiger partial charge in [-0.15, -0.1) is 0 Å². The molecule has 0 unspecified atom stereocenters. The number of nitriles is 1. The number of carbonyl (C=O) groups excluding carboxylic acids is 1. The van der Waals surface area contributed by atoms with Gasteiger partial charge in [0.1, 0.15) is 11.6 Å². The molecule has 1 aromatic carbocycles. The summed E-state index contributed by atoms with van der Waals surface area (Å²) in [5.74, 6) is -0.212. The molecule has 8 nitrogen and oxygen atoms in total. The molecule has 25 heavy (non-hydrogen) atoms. The van der Waals surface area contributed by atoms with E-state index >= 15 is 0 Å². The second-order valence-corrected chi connectivity index (χ2v) is 5.85. The van der Waals surface area contributed by atoms with Gasteiger partial charge in [0.2, 0.25) is 0 Å². The van der Waals surface area contributed by atoms with Gasteiger partial charge in [0.25, 0.3) is 11.5 Å². The molecule has 130 valence electrons. The van der Waals surface area contributed by atoms with Crippen LogP contribution in [0.5, 0.6) is 11.5 Å². The van der Waals surface area contributed by atoms with Gasteiger partial charge >= 0.3 is 0 Å². The van der Waals surface area contributed by atoms with E-state index in [1.165, 1.54) is 31.0 Å². The molecule has 2 aromatic rings. The average molecular weight is 381 g/mol. The van der Waals surface area contributed by atoms with Crippen LogP contribution in [0.2, 0.25) is 5.02 Å². The zero-order valence-corrected chi connectivity index (χ0v) is 14.8. The number of rotatable bonds is 6. The minimum Gasteiger partial charge on any atom is -0.493 e. The van der Waals surface area contributed by atoms with Gasteiger partial charge in [0, 0.05) is 11.6 Å². The number of hydrogen-bond donors (Lipinski definition) is 2. The molecule has 10 heteroatoms. The maximum Gasteiger partial charge on any atom is 0.270 e. The third-order valence-electron chi connectivity index (χ3n) is 3.08. The van der Waals surface area contributed by atoms with E-state index in [1.54, 1.807) is 6.26 Å². The number of carbonyl (C=O) groups is 1. The Balaban J connectivity index is 2.65. The lowest BCUT2D eigenvalue weighted by Gasteiger charge is -2.13. The van der Waals surface area contributed by atoms with E-state index in [0.717, 1.165) is 0 Å². The van der Waals surface area contributed by atoms with E-state index in [0.29, 0.717) is 10.7 Å².